The number of ether oxygens (including phenoxy) is 1. The quantitative estimate of drug-likeness (QED) is 0.723. The van der Waals surface area contributed by atoms with Gasteiger partial charge in [0, 0.05) is 51.2 Å². The summed E-state index contributed by atoms with van der Waals surface area (Å²) in [4.78, 5) is 10.0. The zero-order valence-corrected chi connectivity index (χ0v) is 13.9. The molecule has 0 saturated carbocycles. The Kier molecular flexibility index (Phi) is 2.12. The van der Waals surface area contributed by atoms with Gasteiger partial charge in [-0.1, -0.05) is 53.9 Å². The zero-order valence-electron chi connectivity index (χ0n) is 36.2. The van der Waals surface area contributed by atoms with Crippen LogP contribution in [0.15, 0.2) is 54.4 Å². The monoisotopic (exact) mass is 411 g/mol. The number of carbonyl (C=O) groups is 1. The molecule has 1 heterocycles. The number of hydrogen-bond acceptors (Lipinski definition) is 5. The summed E-state index contributed by atoms with van der Waals surface area (Å²) in [5.41, 5.74) is -2.62. The van der Waals surface area contributed by atoms with Crippen molar-refractivity contribution in [3.63, 3.8) is 0 Å². The highest BCUT2D eigenvalue weighted by molar-refractivity contribution is 6.30. The molecule has 2 aromatic rings. The smallest absolute Gasteiger partial charge is 0.329 e. The van der Waals surface area contributed by atoms with Crippen LogP contribution in [0.1, 0.15) is 47.3 Å². The lowest BCUT2D eigenvalue weighted by atomic mass is 9.96. The predicted octanol–water partition coefficient (Wildman–Crippen LogP) is 3.15. The molecule has 144 valence electrons. The van der Waals surface area contributed by atoms with E-state index < -0.39 is 126 Å². The van der Waals surface area contributed by atoms with Crippen LogP contribution in [0.4, 0.5) is 0 Å². The van der Waals surface area contributed by atoms with E-state index in [1.165, 1.54) is 0 Å². The van der Waals surface area contributed by atoms with Gasteiger partial charge in [0.2, 0.25) is 0 Å². The largest absolute Gasteiger partial charge is 0.480 e. The molecular weight excluding hydrogens is 364 g/mol. The van der Waals surface area contributed by atoms with Gasteiger partial charge in [-0.15, -0.1) is 0 Å². The van der Waals surface area contributed by atoms with Crippen molar-refractivity contribution >= 4 is 17.6 Å². The van der Waals surface area contributed by atoms with Gasteiger partial charge in [0.25, 0.3) is 1.43 Å². The van der Waals surface area contributed by atoms with Crippen molar-refractivity contribution in [1.82, 2.24) is 9.80 Å². The molecule has 1 N–H and O–H groups in total. The van der Waals surface area contributed by atoms with Crippen LogP contribution < -0.4 is 0 Å². The lowest BCUT2D eigenvalue weighted by Crippen LogP contribution is -2.48. The first-order valence-electron chi connectivity index (χ1n) is 18.4. The van der Waals surface area contributed by atoms with Crippen LogP contribution in [0, 0.1) is 0 Å². The van der Waals surface area contributed by atoms with Crippen LogP contribution >= 0.6 is 11.6 Å². The number of rotatable bonds is 8. The average molecular weight is 412 g/mol. The summed E-state index contributed by atoms with van der Waals surface area (Å²) in [5, 5.41) is 2.51. The van der Waals surface area contributed by atoms with Crippen LogP contribution in [0.5, 0.6) is 0 Å². The predicted molar refractivity (Wildman–Crippen MR) is 106 cm³/mol. The van der Waals surface area contributed by atoms with Crippen molar-refractivity contribution < 1.29 is 44.8 Å². The minimum Gasteiger partial charge on any atom is -0.480 e. The Morgan fingerprint density at radius 2 is 1.93 bits per heavy atom. The molecule has 0 spiro atoms. The minimum absolute atomic E-state index is 0.576. The second kappa shape index (κ2) is 9.85. The Bertz CT molecular complexity index is 1640. The van der Waals surface area contributed by atoms with E-state index in [1.54, 1.807) is 0 Å². The summed E-state index contributed by atoms with van der Waals surface area (Å²) in [5.74, 6) is -2.27. The van der Waals surface area contributed by atoms with Gasteiger partial charge >= 0.3 is 5.97 Å². The SMILES string of the molecule is [2H]OC(=O)C([2H])([2H])OC([2H])([2H])C([2H])([2H])N1C([2H])([2H])C([2H])([2H])N(C([2H])(c2c([2H])cc([2H])cc2[2H])c2c([2H])c([2H])c(Cl)c([2H])c2[2H])C([2H])([2H])C1([2H])[2H]. The lowest BCUT2D eigenvalue weighted by Gasteiger charge is -2.39. The Balaban J connectivity index is 2.57. The maximum Gasteiger partial charge on any atom is 0.329 e. The molecule has 3 rings (SSSR count). The van der Waals surface area contributed by atoms with Crippen LogP contribution in [0.2, 0.25) is 5.02 Å². The van der Waals surface area contributed by atoms with E-state index in [2.05, 4.69) is 9.85 Å². The first-order chi connectivity index (χ1) is 22.2. The number of hydrogen-bond donors (Lipinski definition) is 1. The van der Waals surface area contributed by atoms with E-state index in [9.17, 15) is 6.17 Å². The summed E-state index contributed by atoms with van der Waals surface area (Å²) in [6.07, 6.45) is 0. The molecule has 2 aromatic carbocycles. The van der Waals surface area contributed by atoms with Crippen LogP contribution in [0.3, 0.4) is 0 Å². The number of aliphatic carboxylic acids is 1. The summed E-state index contributed by atoms with van der Waals surface area (Å²) >= 11 is 5.90. The third kappa shape index (κ3) is 5.78. The summed E-state index contributed by atoms with van der Waals surface area (Å²) in [7, 11) is 0. The van der Waals surface area contributed by atoms with E-state index in [-0.39, 0.29) is 0 Å². The molecule has 0 radical (unpaired) electrons. The van der Waals surface area contributed by atoms with E-state index in [1.807, 2.05) is 0 Å². The second-order valence-corrected chi connectivity index (χ2v) is 4.86. The minimum atomic E-state index is -4.55. The van der Waals surface area contributed by atoms with E-state index >= 15 is 0 Å². The molecule has 5 nitrogen and oxygen atoms in total. The van der Waals surface area contributed by atoms with Crippen molar-refractivity contribution in [2.75, 3.05) is 45.6 Å². The van der Waals surface area contributed by atoms with Crippen molar-refractivity contribution in [1.29, 1.82) is 1.43 Å². The molecule has 6 heteroatoms. The van der Waals surface area contributed by atoms with Gasteiger partial charge in [-0.3, -0.25) is 9.80 Å². The third-order valence-corrected chi connectivity index (χ3v) is 2.97. The first kappa shape index (κ1) is 5.80. The fraction of sp³-hybridized carbons (Fsp3) is 0.381. The van der Waals surface area contributed by atoms with Crippen LogP contribution in [-0.2, 0) is 9.53 Å². The molecule has 1 fully saturated rings. The van der Waals surface area contributed by atoms with E-state index in [4.69, 9.17) is 41.8 Å². The number of carboxylic acid groups (broad SMARTS) is 1. The molecule has 1 unspecified atom stereocenters. The molecular formula is C21H25ClN2O3. The highest BCUT2D eigenvalue weighted by atomic mass is 35.5. The van der Waals surface area contributed by atoms with Crippen LogP contribution in [-0.4, -0.2) is 66.5 Å². The average Bonchev–Trinajstić information content (AvgIpc) is 2.91. The van der Waals surface area contributed by atoms with Gasteiger partial charge in [0.1, 0.15) is 6.56 Å². The fourth-order valence-corrected chi connectivity index (χ4v) is 1.87. The fourth-order valence-electron chi connectivity index (χ4n) is 1.77. The van der Waals surface area contributed by atoms with Gasteiger partial charge in [-0.25, -0.2) is 4.79 Å². The summed E-state index contributed by atoms with van der Waals surface area (Å²) in [6.45, 7) is -30.9. The molecule has 1 saturated heterocycles. The Morgan fingerprint density at radius 3 is 2.59 bits per heavy atom. The molecule has 0 amide bonds. The number of benzene rings is 2. The maximum absolute atomic E-state index is 11.7. The normalized spacial score (nSPS) is 39.4. The zero-order chi connectivity index (χ0) is 39.3. The Hall–Kier alpha value is -1.92. The van der Waals surface area contributed by atoms with E-state index in [0.717, 1.165) is 0 Å². The highest BCUT2D eigenvalue weighted by Crippen LogP contribution is 2.30. The molecule has 0 aliphatic carbocycles. The lowest BCUT2D eigenvalue weighted by molar-refractivity contribution is -0.142. The second-order valence-electron chi connectivity index (χ2n) is 4.48. The summed E-state index contributed by atoms with van der Waals surface area (Å²) < 4.78 is 197. The van der Waals surface area contributed by atoms with Crippen molar-refractivity contribution in [2.24, 2.45) is 0 Å². The molecule has 27 heavy (non-hydrogen) atoms. The van der Waals surface area contributed by atoms with Crippen molar-refractivity contribution in [3.8, 4) is 0 Å². The van der Waals surface area contributed by atoms with Gasteiger partial charge in [-0.05, 0) is 23.2 Å². The Morgan fingerprint density at radius 1 is 1.26 bits per heavy atom. The third-order valence-electron chi connectivity index (χ3n) is 2.78. The van der Waals surface area contributed by atoms with Gasteiger partial charge in [0.15, 0.2) is 0 Å². The van der Waals surface area contributed by atoms with Crippen molar-refractivity contribution in [3.05, 3.63) is 70.6 Å². The maximum atomic E-state index is 11.7. The van der Waals surface area contributed by atoms with Gasteiger partial charge in [-0.2, -0.15) is 0 Å². The number of piperazine rings is 1. The number of carboxylic acids is 1. The molecule has 1 aliphatic heterocycles. The Labute approximate surface area is 197 Å². The van der Waals surface area contributed by atoms with Gasteiger partial charge < -0.3 is 9.85 Å². The summed E-state index contributed by atoms with van der Waals surface area (Å²) in [6, 6.07) is -10.3. The molecule has 0 bridgehead atoms. The van der Waals surface area contributed by atoms with Crippen molar-refractivity contribution in [2.45, 2.75) is 6.02 Å². The standard InChI is InChI=1S/C21H25ClN2O3/c22-19-8-6-18(7-9-19)21(17-4-2-1-3-5-17)24-12-10-23(11-13-24)14-15-27-16-20(25)26/h1-9,21H,10-16H2,(H,25,26)/i1D,4D,5D,6D,7D,8D,9D,10D2,11D2,12D2,13D2,14D2,15D2,16D2,21D/hD. The molecule has 1 atom stereocenters. The van der Waals surface area contributed by atoms with Gasteiger partial charge in [0.05, 0.1) is 29.0 Å². The number of halogens is 1. The van der Waals surface area contributed by atoms with Crippen LogP contribution in [0.25, 0.3) is 1.43 Å². The van der Waals surface area contributed by atoms with E-state index in [0.29, 0.717) is 12.1 Å². The number of nitrogens with zero attached hydrogens (tertiary/aromatic N) is 2. The molecule has 1 aliphatic rings. The molecule has 0 aromatic heterocycles. The topological polar surface area (TPSA) is 53.0 Å². The first-order valence-corrected chi connectivity index (χ1v) is 7.38. The highest BCUT2D eigenvalue weighted by Gasteiger charge is 2.26.